The van der Waals surface area contributed by atoms with Crippen molar-refractivity contribution in [2.45, 2.75) is 31.7 Å². The van der Waals surface area contributed by atoms with E-state index in [9.17, 15) is 4.79 Å². The van der Waals surface area contributed by atoms with Crippen LogP contribution >= 0.6 is 15.9 Å². The number of carbonyl (C=O) groups is 1. The highest BCUT2D eigenvalue weighted by molar-refractivity contribution is 9.10. The first-order valence-electron chi connectivity index (χ1n) is 7.52. The van der Waals surface area contributed by atoms with Crippen LogP contribution in [0.4, 0.5) is 0 Å². The minimum absolute atomic E-state index is 0.243. The molecule has 2 rings (SSSR count). The number of hydrogen-bond acceptors (Lipinski definition) is 3. The van der Waals surface area contributed by atoms with Crippen LogP contribution in [0.1, 0.15) is 25.7 Å². The summed E-state index contributed by atoms with van der Waals surface area (Å²) in [5.74, 6) is 1.08. The second-order valence-electron chi connectivity index (χ2n) is 5.38. The second kappa shape index (κ2) is 8.39. The Morgan fingerprint density at radius 2 is 2.38 bits per heavy atom. The summed E-state index contributed by atoms with van der Waals surface area (Å²) < 4.78 is 6.66. The van der Waals surface area contributed by atoms with Crippen LogP contribution in [0.15, 0.2) is 28.7 Å². The Hall–Kier alpha value is -1.07. The van der Waals surface area contributed by atoms with E-state index in [1.807, 2.05) is 36.2 Å². The highest BCUT2D eigenvalue weighted by atomic mass is 79.9. The molecular formula is C16H23BrN2O2. The van der Waals surface area contributed by atoms with Crippen LogP contribution in [0.25, 0.3) is 0 Å². The maximum Gasteiger partial charge on any atom is 0.222 e. The van der Waals surface area contributed by atoms with Crippen LogP contribution in [0, 0.1) is 0 Å². The molecule has 1 unspecified atom stereocenters. The fourth-order valence-corrected chi connectivity index (χ4v) is 2.95. The molecule has 1 aliphatic heterocycles. The quantitative estimate of drug-likeness (QED) is 0.798. The predicted molar refractivity (Wildman–Crippen MR) is 87.5 cm³/mol. The summed E-state index contributed by atoms with van der Waals surface area (Å²) in [6, 6.07) is 8.21. The topological polar surface area (TPSA) is 41.6 Å². The summed E-state index contributed by atoms with van der Waals surface area (Å²) in [5, 5.41) is 3.26. The molecule has 4 nitrogen and oxygen atoms in total. The van der Waals surface area contributed by atoms with Gasteiger partial charge in [-0.05, 0) is 44.5 Å². The number of nitrogens with zero attached hydrogens (tertiary/aromatic N) is 1. The van der Waals surface area contributed by atoms with Gasteiger partial charge in [0.15, 0.2) is 0 Å². The van der Waals surface area contributed by atoms with E-state index in [-0.39, 0.29) is 5.91 Å². The number of amides is 1. The van der Waals surface area contributed by atoms with Gasteiger partial charge in [0.2, 0.25) is 5.91 Å². The minimum Gasteiger partial charge on any atom is -0.494 e. The summed E-state index contributed by atoms with van der Waals surface area (Å²) >= 11 is 3.41. The molecule has 1 N–H and O–H groups in total. The van der Waals surface area contributed by atoms with Crippen LogP contribution in [-0.4, -0.2) is 43.6 Å². The molecule has 0 spiro atoms. The van der Waals surface area contributed by atoms with Gasteiger partial charge >= 0.3 is 0 Å². The van der Waals surface area contributed by atoms with Crippen molar-refractivity contribution in [3.8, 4) is 5.75 Å². The number of rotatable bonds is 6. The molecule has 1 atom stereocenters. The lowest BCUT2D eigenvalue weighted by atomic mass is 10.1. The average Bonchev–Trinajstić information content (AvgIpc) is 2.51. The zero-order valence-corrected chi connectivity index (χ0v) is 14.1. The first-order valence-corrected chi connectivity index (χ1v) is 8.32. The Balaban J connectivity index is 1.67. The lowest BCUT2D eigenvalue weighted by Gasteiger charge is -2.32. The minimum atomic E-state index is 0.243. The van der Waals surface area contributed by atoms with Crippen molar-refractivity contribution in [2.24, 2.45) is 0 Å². The van der Waals surface area contributed by atoms with Gasteiger partial charge in [0, 0.05) is 30.0 Å². The first kappa shape index (κ1) is 16.3. The number of halogens is 1. The summed E-state index contributed by atoms with van der Waals surface area (Å²) in [7, 11) is 1.96. The molecule has 5 heteroatoms. The third kappa shape index (κ3) is 5.32. The van der Waals surface area contributed by atoms with Crippen molar-refractivity contribution in [1.29, 1.82) is 0 Å². The molecule has 116 valence electrons. The number of likely N-dealkylation sites (tertiary alicyclic amines) is 1. The number of hydrogen-bond donors (Lipinski definition) is 1. The number of carbonyl (C=O) groups excluding carboxylic acids is 1. The molecule has 1 heterocycles. The Kier molecular flexibility index (Phi) is 6.51. The average molecular weight is 355 g/mol. The monoisotopic (exact) mass is 354 g/mol. The third-order valence-electron chi connectivity index (χ3n) is 3.78. The van der Waals surface area contributed by atoms with Gasteiger partial charge in [-0.25, -0.2) is 0 Å². The van der Waals surface area contributed by atoms with Gasteiger partial charge in [-0.2, -0.15) is 0 Å². The molecule has 0 radical (unpaired) electrons. The van der Waals surface area contributed by atoms with E-state index in [0.29, 0.717) is 19.1 Å². The smallest absolute Gasteiger partial charge is 0.222 e. The fraction of sp³-hybridized carbons (Fsp3) is 0.562. The molecule has 1 aromatic carbocycles. The van der Waals surface area contributed by atoms with Crippen molar-refractivity contribution < 1.29 is 9.53 Å². The largest absolute Gasteiger partial charge is 0.494 e. The number of likely N-dealkylation sites (N-methyl/N-ethyl adjacent to an activating group) is 1. The maximum atomic E-state index is 12.2. The lowest BCUT2D eigenvalue weighted by molar-refractivity contribution is -0.132. The van der Waals surface area contributed by atoms with Crippen molar-refractivity contribution in [1.82, 2.24) is 10.2 Å². The Bertz CT molecular complexity index is 467. The maximum absolute atomic E-state index is 12.2. The van der Waals surface area contributed by atoms with Crippen LogP contribution in [0.2, 0.25) is 0 Å². The number of piperidine rings is 1. The molecule has 1 fully saturated rings. The highest BCUT2D eigenvalue weighted by Gasteiger charge is 2.21. The number of benzene rings is 1. The van der Waals surface area contributed by atoms with Gasteiger partial charge in [0.25, 0.3) is 0 Å². The van der Waals surface area contributed by atoms with E-state index in [0.717, 1.165) is 42.6 Å². The molecule has 1 amide bonds. The lowest BCUT2D eigenvalue weighted by Crippen LogP contribution is -2.46. The van der Waals surface area contributed by atoms with E-state index >= 15 is 0 Å². The van der Waals surface area contributed by atoms with Gasteiger partial charge in [-0.1, -0.05) is 22.0 Å². The molecule has 1 aliphatic rings. The molecule has 1 aromatic rings. The van der Waals surface area contributed by atoms with E-state index < -0.39 is 0 Å². The van der Waals surface area contributed by atoms with Gasteiger partial charge < -0.3 is 15.0 Å². The van der Waals surface area contributed by atoms with Gasteiger partial charge in [0.1, 0.15) is 5.75 Å². The standard InChI is InChI=1S/C16H23BrN2O2/c1-18-14-6-3-9-19(12-14)16(20)8-4-10-21-15-7-2-5-13(17)11-15/h2,5,7,11,14,18H,3-4,6,8-10,12H2,1H3. The SMILES string of the molecule is CNC1CCCN(C(=O)CCCOc2cccc(Br)c2)C1. The molecular weight excluding hydrogens is 332 g/mol. The van der Waals surface area contributed by atoms with Crippen molar-refractivity contribution >= 4 is 21.8 Å². The molecule has 1 saturated heterocycles. The number of ether oxygens (including phenoxy) is 1. The van der Waals surface area contributed by atoms with Crippen LogP contribution < -0.4 is 10.1 Å². The zero-order valence-electron chi connectivity index (χ0n) is 12.5. The van der Waals surface area contributed by atoms with E-state index in [1.54, 1.807) is 0 Å². The normalized spacial score (nSPS) is 18.6. The molecule has 21 heavy (non-hydrogen) atoms. The molecule has 0 aliphatic carbocycles. The van der Waals surface area contributed by atoms with E-state index in [4.69, 9.17) is 4.74 Å². The zero-order chi connectivity index (χ0) is 15.1. The van der Waals surface area contributed by atoms with Crippen LogP contribution in [0.3, 0.4) is 0 Å². The van der Waals surface area contributed by atoms with Crippen LogP contribution in [0.5, 0.6) is 5.75 Å². The number of nitrogens with one attached hydrogen (secondary N) is 1. The van der Waals surface area contributed by atoms with Crippen molar-refractivity contribution in [3.63, 3.8) is 0 Å². The molecule has 0 aromatic heterocycles. The van der Waals surface area contributed by atoms with Crippen molar-refractivity contribution in [2.75, 3.05) is 26.7 Å². The summed E-state index contributed by atoms with van der Waals surface area (Å²) in [6.07, 6.45) is 3.56. The summed E-state index contributed by atoms with van der Waals surface area (Å²) in [4.78, 5) is 14.1. The summed E-state index contributed by atoms with van der Waals surface area (Å²) in [6.45, 7) is 2.30. The van der Waals surface area contributed by atoms with E-state index in [1.165, 1.54) is 0 Å². The first-order chi connectivity index (χ1) is 10.2. The Morgan fingerprint density at radius 3 is 3.14 bits per heavy atom. The third-order valence-corrected chi connectivity index (χ3v) is 4.28. The van der Waals surface area contributed by atoms with Gasteiger partial charge in [-0.15, -0.1) is 0 Å². The molecule has 0 bridgehead atoms. The van der Waals surface area contributed by atoms with Gasteiger partial charge in [-0.3, -0.25) is 4.79 Å². The Labute approximate surface area is 135 Å². The fourth-order valence-electron chi connectivity index (χ4n) is 2.57. The predicted octanol–water partition coefficient (Wildman–Crippen LogP) is 2.82. The van der Waals surface area contributed by atoms with Crippen molar-refractivity contribution in [3.05, 3.63) is 28.7 Å². The van der Waals surface area contributed by atoms with Crippen LogP contribution in [-0.2, 0) is 4.79 Å². The van der Waals surface area contributed by atoms with E-state index in [2.05, 4.69) is 21.2 Å². The van der Waals surface area contributed by atoms with Gasteiger partial charge in [0.05, 0.1) is 6.61 Å². The highest BCUT2D eigenvalue weighted by Crippen LogP contribution is 2.18. The summed E-state index contributed by atoms with van der Waals surface area (Å²) in [5.41, 5.74) is 0. The second-order valence-corrected chi connectivity index (χ2v) is 6.29. The Morgan fingerprint density at radius 1 is 1.52 bits per heavy atom. The molecule has 0 saturated carbocycles.